The van der Waals surface area contributed by atoms with Crippen LogP contribution >= 0.6 is 0 Å². The van der Waals surface area contributed by atoms with Crippen LogP contribution in [0.5, 0.6) is 0 Å². The standard InChI is InChI=1S/C15H21F2N3/c1-20(9-10-5-3-2-4-6-10)14-12(16)7-11(15(18)19)8-13(14)17/h7-8,10H,2-6,9H2,1H3,(H3,18,19). The summed E-state index contributed by atoms with van der Waals surface area (Å²) in [6.07, 6.45) is 5.91. The third-order valence-corrected chi connectivity index (χ3v) is 3.97. The molecule has 0 heterocycles. The summed E-state index contributed by atoms with van der Waals surface area (Å²) in [5.41, 5.74) is 5.31. The lowest BCUT2D eigenvalue weighted by Gasteiger charge is -2.29. The second-order valence-corrected chi connectivity index (χ2v) is 5.59. The number of amidine groups is 1. The molecule has 1 aliphatic carbocycles. The van der Waals surface area contributed by atoms with Crippen LogP contribution in [0.4, 0.5) is 14.5 Å². The molecule has 0 radical (unpaired) electrons. The first kappa shape index (κ1) is 14.8. The number of rotatable bonds is 4. The molecule has 5 heteroatoms. The maximum absolute atomic E-state index is 14.0. The zero-order chi connectivity index (χ0) is 14.7. The van der Waals surface area contributed by atoms with E-state index in [1.807, 2.05) is 0 Å². The molecule has 0 unspecified atom stereocenters. The van der Waals surface area contributed by atoms with Crippen molar-refractivity contribution < 1.29 is 8.78 Å². The largest absolute Gasteiger partial charge is 0.384 e. The van der Waals surface area contributed by atoms with E-state index in [9.17, 15) is 8.78 Å². The van der Waals surface area contributed by atoms with E-state index in [0.717, 1.165) is 25.0 Å². The van der Waals surface area contributed by atoms with Crippen LogP contribution in [-0.2, 0) is 0 Å². The van der Waals surface area contributed by atoms with Crippen LogP contribution in [0.25, 0.3) is 0 Å². The van der Waals surface area contributed by atoms with E-state index in [2.05, 4.69) is 0 Å². The van der Waals surface area contributed by atoms with Crippen LogP contribution in [0.3, 0.4) is 0 Å². The number of benzene rings is 1. The minimum absolute atomic E-state index is 0.0272. The number of anilines is 1. The molecule has 0 spiro atoms. The minimum atomic E-state index is -0.659. The first-order valence-electron chi connectivity index (χ1n) is 7.03. The Morgan fingerprint density at radius 3 is 2.30 bits per heavy atom. The van der Waals surface area contributed by atoms with Crippen LogP contribution < -0.4 is 10.6 Å². The molecule has 1 fully saturated rings. The second kappa shape index (κ2) is 6.20. The predicted molar refractivity (Wildman–Crippen MR) is 77.2 cm³/mol. The van der Waals surface area contributed by atoms with Crippen LogP contribution in [0.1, 0.15) is 37.7 Å². The van der Waals surface area contributed by atoms with E-state index in [-0.39, 0.29) is 17.1 Å². The molecule has 2 rings (SSSR count). The summed E-state index contributed by atoms with van der Waals surface area (Å²) in [5, 5.41) is 7.24. The maximum atomic E-state index is 14.0. The molecule has 110 valence electrons. The van der Waals surface area contributed by atoms with Crippen LogP contribution in [0, 0.1) is 23.0 Å². The van der Waals surface area contributed by atoms with Crippen molar-refractivity contribution in [3.8, 4) is 0 Å². The molecule has 1 aromatic carbocycles. The highest BCUT2D eigenvalue weighted by molar-refractivity contribution is 5.95. The molecule has 0 amide bonds. The number of hydrogen-bond donors (Lipinski definition) is 2. The summed E-state index contributed by atoms with van der Waals surface area (Å²) in [6, 6.07) is 2.25. The SMILES string of the molecule is CN(CC1CCCCC1)c1c(F)cc(C(=N)N)cc1F. The van der Waals surface area contributed by atoms with Crippen LogP contribution in [0.15, 0.2) is 12.1 Å². The first-order chi connectivity index (χ1) is 9.49. The van der Waals surface area contributed by atoms with Gasteiger partial charge in [0, 0.05) is 19.2 Å². The van der Waals surface area contributed by atoms with Gasteiger partial charge in [-0.2, -0.15) is 0 Å². The summed E-state index contributed by atoms with van der Waals surface area (Å²) in [5.74, 6) is -1.15. The third kappa shape index (κ3) is 3.26. The lowest BCUT2D eigenvalue weighted by atomic mass is 9.89. The predicted octanol–water partition coefficient (Wildman–Crippen LogP) is 3.27. The molecule has 0 aliphatic heterocycles. The monoisotopic (exact) mass is 281 g/mol. The summed E-state index contributed by atoms with van der Waals surface area (Å²) in [4.78, 5) is 1.64. The van der Waals surface area contributed by atoms with Crippen molar-refractivity contribution in [3.63, 3.8) is 0 Å². The number of hydrogen-bond acceptors (Lipinski definition) is 2. The third-order valence-electron chi connectivity index (χ3n) is 3.97. The number of nitrogen functional groups attached to an aromatic ring is 1. The van der Waals surface area contributed by atoms with Gasteiger partial charge in [0.15, 0.2) is 0 Å². The van der Waals surface area contributed by atoms with E-state index >= 15 is 0 Å². The Labute approximate surface area is 118 Å². The highest BCUT2D eigenvalue weighted by Gasteiger charge is 2.20. The van der Waals surface area contributed by atoms with Gasteiger partial charge in [-0.1, -0.05) is 19.3 Å². The van der Waals surface area contributed by atoms with Crippen molar-refractivity contribution in [3.05, 3.63) is 29.3 Å². The van der Waals surface area contributed by atoms with E-state index in [0.29, 0.717) is 12.5 Å². The van der Waals surface area contributed by atoms with Gasteiger partial charge in [0.2, 0.25) is 0 Å². The van der Waals surface area contributed by atoms with Gasteiger partial charge in [0.1, 0.15) is 23.2 Å². The maximum Gasteiger partial charge on any atom is 0.150 e. The Bertz CT molecular complexity index is 473. The number of nitrogens with one attached hydrogen (secondary N) is 1. The number of nitrogens with zero attached hydrogens (tertiary/aromatic N) is 1. The van der Waals surface area contributed by atoms with Crippen molar-refractivity contribution in [1.29, 1.82) is 5.41 Å². The number of nitrogens with two attached hydrogens (primary N) is 1. The van der Waals surface area contributed by atoms with E-state index < -0.39 is 11.6 Å². The first-order valence-corrected chi connectivity index (χ1v) is 7.03. The van der Waals surface area contributed by atoms with E-state index in [4.69, 9.17) is 11.1 Å². The van der Waals surface area contributed by atoms with E-state index in [1.165, 1.54) is 19.3 Å². The van der Waals surface area contributed by atoms with Crippen molar-refractivity contribution in [2.75, 3.05) is 18.5 Å². The molecule has 0 saturated heterocycles. The Hall–Kier alpha value is -1.65. The Morgan fingerprint density at radius 1 is 1.25 bits per heavy atom. The highest BCUT2D eigenvalue weighted by Crippen LogP contribution is 2.29. The zero-order valence-electron chi connectivity index (χ0n) is 11.8. The summed E-state index contributed by atoms with van der Waals surface area (Å²) >= 11 is 0. The Balaban J connectivity index is 2.16. The topological polar surface area (TPSA) is 53.1 Å². The van der Waals surface area contributed by atoms with Gasteiger partial charge in [-0.15, -0.1) is 0 Å². The van der Waals surface area contributed by atoms with Crippen molar-refractivity contribution in [2.24, 2.45) is 11.7 Å². The molecular weight excluding hydrogens is 260 g/mol. The average molecular weight is 281 g/mol. The minimum Gasteiger partial charge on any atom is -0.384 e. The van der Waals surface area contributed by atoms with Gasteiger partial charge in [0.25, 0.3) is 0 Å². The summed E-state index contributed by atoms with van der Waals surface area (Å²) in [6.45, 7) is 0.660. The molecule has 20 heavy (non-hydrogen) atoms. The smallest absolute Gasteiger partial charge is 0.150 e. The molecule has 1 aromatic rings. The normalized spacial score (nSPS) is 16.1. The fourth-order valence-electron chi connectivity index (χ4n) is 2.93. The van der Waals surface area contributed by atoms with E-state index in [1.54, 1.807) is 11.9 Å². The van der Waals surface area contributed by atoms with Crippen molar-refractivity contribution >= 4 is 11.5 Å². The van der Waals surface area contributed by atoms with Crippen LogP contribution in [0.2, 0.25) is 0 Å². The van der Waals surface area contributed by atoms with Gasteiger partial charge in [-0.3, -0.25) is 5.41 Å². The summed E-state index contributed by atoms with van der Waals surface area (Å²) in [7, 11) is 1.71. The molecule has 0 bridgehead atoms. The van der Waals surface area contributed by atoms with Gasteiger partial charge in [0.05, 0.1) is 0 Å². The number of halogens is 2. The fourth-order valence-corrected chi connectivity index (χ4v) is 2.93. The Morgan fingerprint density at radius 2 is 1.80 bits per heavy atom. The Kier molecular flexibility index (Phi) is 4.57. The molecule has 3 N–H and O–H groups in total. The average Bonchev–Trinajstić information content (AvgIpc) is 2.38. The molecule has 0 aromatic heterocycles. The molecule has 3 nitrogen and oxygen atoms in total. The van der Waals surface area contributed by atoms with Gasteiger partial charge in [-0.05, 0) is 30.9 Å². The zero-order valence-corrected chi connectivity index (χ0v) is 11.8. The van der Waals surface area contributed by atoms with Gasteiger partial charge in [-0.25, -0.2) is 8.78 Å². The van der Waals surface area contributed by atoms with Crippen LogP contribution in [-0.4, -0.2) is 19.4 Å². The fraction of sp³-hybridized carbons (Fsp3) is 0.533. The quantitative estimate of drug-likeness (QED) is 0.657. The lowest BCUT2D eigenvalue weighted by Crippen LogP contribution is -2.28. The van der Waals surface area contributed by atoms with Crippen molar-refractivity contribution in [1.82, 2.24) is 0 Å². The molecule has 1 saturated carbocycles. The highest BCUT2D eigenvalue weighted by atomic mass is 19.1. The summed E-state index contributed by atoms with van der Waals surface area (Å²) < 4.78 is 28.1. The van der Waals surface area contributed by atoms with Gasteiger partial charge < -0.3 is 10.6 Å². The van der Waals surface area contributed by atoms with Gasteiger partial charge >= 0.3 is 0 Å². The molecular formula is C15H21F2N3. The lowest BCUT2D eigenvalue weighted by molar-refractivity contribution is 0.360. The second-order valence-electron chi connectivity index (χ2n) is 5.59. The molecule has 1 aliphatic rings. The molecule has 0 atom stereocenters. The van der Waals surface area contributed by atoms with Crippen molar-refractivity contribution in [2.45, 2.75) is 32.1 Å².